The van der Waals surface area contributed by atoms with Gasteiger partial charge in [0.25, 0.3) is 0 Å². The zero-order valence-corrected chi connectivity index (χ0v) is 15.6. The Hall–Kier alpha value is -2.88. The van der Waals surface area contributed by atoms with Crippen LogP contribution in [0.4, 0.5) is 0 Å². The average molecular weight is 362 g/mol. The van der Waals surface area contributed by atoms with Crippen molar-refractivity contribution in [3.8, 4) is 5.75 Å². The summed E-state index contributed by atoms with van der Waals surface area (Å²) in [5, 5.41) is 0.921. The van der Waals surface area contributed by atoms with E-state index >= 15 is 0 Å². The van der Waals surface area contributed by atoms with Crippen LogP contribution >= 0.6 is 0 Å². The molecule has 0 spiro atoms. The topological polar surface area (TPSA) is 56.5 Å². The van der Waals surface area contributed by atoms with Crippen LogP contribution in [-0.4, -0.2) is 11.9 Å². The van der Waals surface area contributed by atoms with Gasteiger partial charge in [-0.25, -0.2) is 4.79 Å². The highest BCUT2D eigenvalue weighted by Crippen LogP contribution is 2.32. The van der Waals surface area contributed by atoms with E-state index in [0.717, 1.165) is 47.8 Å². The van der Waals surface area contributed by atoms with Crippen molar-refractivity contribution in [3.63, 3.8) is 0 Å². The third-order valence-electron chi connectivity index (χ3n) is 5.25. The minimum atomic E-state index is -0.602. The molecule has 4 rings (SSSR count). The number of carbonyl (C=O) groups is 1. The van der Waals surface area contributed by atoms with E-state index in [0.29, 0.717) is 16.9 Å². The van der Waals surface area contributed by atoms with Crippen LogP contribution < -0.4 is 10.4 Å². The van der Waals surface area contributed by atoms with Gasteiger partial charge in [0, 0.05) is 16.5 Å². The smallest absolute Gasteiger partial charge is 0.339 e. The van der Waals surface area contributed by atoms with E-state index in [4.69, 9.17) is 9.15 Å². The summed E-state index contributed by atoms with van der Waals surface area (Å²) >= 11 is 0. The molecule has 1 aliphatic rings. The second-order valence-corrected chi connectivity index (χ2v) is 7.16. The molecular formula is C23H22O4. The highest BCUT2D eigenvalue weighted by Gasteiger charge is 2.21. The first-order chi connectivity index (χ1) is 13.0. The number of hydrogen-bond donors (Lipinski definition) is 0. The molecule has 0 saturated carbocycles. The van der Waals surface area contributed by atoms with Gasteiger partial charge in [-0.2, -0.15) is 0 Å². The van der Waals surface area contributed by atoms with Crippen LogP contribution in [0.25, 0.3) is 11.0 Å². The van der Waals surface area contributed by atoms with Crippen molar-refractivity contribution in [1.82, 2.24) is 0 Å². The fourth-order valence-corrected chi connectivity index (χ4v) is 3.78. The van der Waals surface area contributed by atoms with Crippen molar-refractivity contribution in [2.24, 2.45) is 0 Å². The molecule has 1 atom stereocenters. The van der Waals surface area contributed by atoms with Gasteiger partial charge in [0.15, 0.2) is 6.10 Å². The molecule has 138 valence electrons. The lowest BCUT2D eigenvalue weighted by atomic mass is 9.90. The Morgan fingerprint density at radius 1 is 1.07 bits per heavy atom. The van der Waals surface area contributed by atoms with E-state index in [1.54, 1.807) is 19.1 Å². The van der Waals surface area contributed by atoms with Crippen LogP contribution in [0.2, 0.25) is 0 Å². The molecule has 1 heterocycles. The van der Waals surface area contributed by atoms with Crippen molar-refractivity contribution in [1.29, 1.82) is 0 Å². The lowest BCUT2D eigenvalue weighted by Crippen LogP contribution is -2.24. The summed E-state index contributed by atoms with van der Waals surface area (Å²) in [7, 11) is 0. The van der Waals surface area contributed by atoms with Gasteiger partial charge >= 0.3 is 5.63 Å². The first-order valence-electron chi connectivity index (χ1n) is 9.39. The minimum absolute atomic E-state index is 0.0586. The van der Waals surface area contributed by atoms with Crippen molar-refractivity contribution in [3.05, 3.63) is 75.1 Å². The zero-order valence-electron chi connectivity index (χ0n) is 15.6. The molecule has 27 heavy (non-hydrogen) atoms. The van der Waals surface area contributed by atoms with Gasteiger partial charge in [-0.3, -0.25) is 4.79 Å². The molecule has 0 radical (unpaired) electrons. The maximum Gasteiger partial charge on any atom is 0.339 e. The summed E-state index contributed by atoms with van der Waals surface area (Å²) in [5.41, 5.74) is 3.70. The Morgan fingerprint density at radius 3 is 2.52 bits per heavy atom. The summed E-state index contributed by atoms with van der Waals surface area (Å²) in [5.74, 6) is 0.595. The SMILES string of the molecule is Cc1cc2oc(=O)c3c(c2cc1O[C@H](C)C(=O)c1ccccc1)CCCC3. The fraction of sp³-hybridized carbons (Fsp3) is 0.304. The Morgan fingerprint density at radius 2 is 1.78 bits per heavy atom. The van der Waals surface area contributed by atoms with Crippen LogP contribution in [-0.2, 0) is 12.8 Å². The molecule has 0 N–H and O–H groups in total. The largest absolute Gasteiger partial charge is 0.482 e. The minimum Gasteiger partial charge on any atom is -0.482 e. The molecule has 0 unspecified atom stereocenters. The maximum absolute atomic E-state index is 12.6. The monoisotopic (exact) mass is 362 g/mol. The molecule has 0 fully saturated rings. The van der Waals surface area contributed by atoms with E-state index < -0.39 is 6.10 Å². The number of ketones is 1. The zero-order chi connectivity index (χ0) is 19.0. The number of rotatable bonds is 4. The van der Waals surface area contributed by atoms with Crippen LogP contribution in [0.1, 0.15) is 46.8 Å². The second-order valence-electron chi connectivity index (χ2n) is 7.16. The van der Waals surface area contributed by atoms with E-state index in [9.17, 15) is 9.59 Å². The lowest BCUT2D eigenvalue weighted by molar-refractivity contribution is 0.0817. The predicted octanol–water partition coefficient (Wildman–Crippen LogP) is 4.63. The number of carbonyl (C=O) groups excluding carboxylic acids is 1. The van der Waals surface area contributed by atoms with Gasteiger partial charge < -0.3 is 9.15 Å². The Balaban J connectivity index is 1.72. The van der Waals surface area contributed by atoms with Gasteiger partial charge in [0.05, 0.1) is 0 Å². The molecule has 0 saturated heterocycles. The van der Waals surface area contributed by atoms with Crippen LogP contribution in [0, 0.1) is 6.92 Å². The number of fused-ring (bicyclic) bond motifs is 3. The van der Waals surface area contributed by atoms with Crippen molar-refractivity contribution in [2.45, 2.75) is 45.6 Å². The summed E-state index contributed by atoms with van der Waals surface area (Å²) < 4.78 is 11.6. The third kappa shape index (κ3) is 3.27. The molecule has 0 bridgehead atoms. The van der Waals surface area contributed by atoms with Crippen molar-refractivity contribution in [2.75, 3.05) is 0 Å². The summed E-state index contributed by atoms with van der Waals surface area (Å²) in [6.07, 6.45) is 3.12. The number of ether oxygens (including phenoxy) is 1. The van der Waals surface area contributed by atoms with Crippen LogP contribution in [0.3, 0.4) is 0 Å². The number of benzene rings is 2. The molecule has 3 aromatic rings. The number of aryl methyl sites for hydroxylation is 2. The second kappa shape index (κ2) is 7.03. The van der Waals surface area contributed by atoms with Crippen molar-refractivity contribution < 1.29 is 13.9 Å². The van der Waals surface area contributed by atoms with Gasteiger partial charge in [-0.1, -0.05) is 30.3 Å². The van der Waals surface area contributed by atoms with E-state index in [-0.39, 0.29) is 11.4 Å². The summed E-state index contributed by atoms with van der Waals surface area (Å²) in [6, 6.07) is 12.9. The summed E-state index contributed by atoms with van der Waals surface area (Å²) in [6.45, 7) is 3.66. The average Bonchev–Trinajstić information content (AvgIpc) is 2.69. The highest BCUT2D eigenvalue weighted by molar-refractivity contribution is 5.99. The molecule has 4 nitrogen and oxygen atoms in total. The number of Topliss-reactive ketones (excluding diaryl/α,β-unsaturated/α-hetero) is 1. The normalized spacial score (nSPS) is 14.6. The molecule has 0 aliphatic heterocycles. The summed E-state index contributed by atoms with van der Waals surface area (Å²) in [4.78, 5) is 24.9. The standard InChI is InChI=1S/C23H22O4/c1-14-12-21-19(17-10-6-7-11-18(17)23(25)27-21)13-20(14)26-15(2)22(24)16-8-4-3-5-9-16/h3-5,8-9,12-13,15H,6-7,10-11H2,1-2H3/t15-/m1/s1. The highest BCUT2D eigenvalue weighted by atomic mass is 16.5. The quantitative estimate of drug-likeness (QED) is 0.501. The van der Waals surface area contributed by atoms with Gasteiger partial charge in [0.2, 0.25) is 5.78 Å². The van der Waals surface area contributed by atoms with Crippen LogP contribution in [0.15, 0.2) is 51.7 Å². The molecule has 2 aromatic carbocycles. The molecule has 0 amide bonds. The van der Waals surface area contributed by atoms with E-state index in [1.807, 2.05) is 37.3 Å². The molecule has 4 heteroatoms. The first-order valence-corrected chi connectivity index (χ1v) is 9.39. The van der Waals surface area contributed by atoms with Gasteiger partial charge in [-0.15, -0.1) is 0 Å². The fourth-order valence-electron chi connectivity index (χ4n) is 3.78. The van der Waals surface area contributed by atoms with Gasteiger partial charge in [0.1, 0.15) is 11.3 Å². The predicted molar refractivity (Wildman–Crippen MR) is 105 cm³/mol. The van der Waals surface area contributed by atoms with Gasteiger partial charge in [-0.05, 0) is 62.8 Å². The van der Waals surface area contributed by atoms with E-state index in [1.165, 1.54) is 0 Å². The Bertz CT molecular complexity index is 1060. The van der Waals surface area contributed by atoms with Crippen LogP contribution in [0.5, 0.6) is 5.75 Å². The lowest BCUT2D eigenvalue weighted by Gasteiger charge is -2.19. The maximum atomic E-state index is 12.6. The first kappa shape index (κ1) is 17.5. The molecule has 1 aliphatic carbocycles. The van der Waals surface area contributed by atoms with E-state index in [2.05, 4.69) is 0 Å². The molecule has 1 aromatic heterocycles. The number of hydrogen-bond acceptors (Lipinski definition) is 4. The Kier molecular flexibility index (Phi) is 4.56. The third-order valence-corrected chi connectivity index (χ3v) is 5.25. The van der Waals surface area contributed by atoms with Crippen molar-refractivity contribution >= 4 is 16.8 Å². The Labute approximate surface area is 157 Å². The molecular weight excluding hydrogens is 340 g/mol.